The van der Waals surface area contributed by atoms with Crippen molar-refractivity contribution in [3.63, 3.8) is 0 Å². The number of fused-ring (bicyclic) bond motifs is 6. The molecule has 0 bridgehead atoms. The molecular weight excluding hydrogens is 613 g/mol. The number of dihydropyridines is 1. The molecule has 6 aromatic rings. The maximum absolute atomic E-state index is 4.85. The molecule has 10 rings (SSSR count). The first kappa shape index (κ1) is 28.6. The van der Waals surface area contributed by atoms with Crippen molar-refractivity contribution in [3.8, 4) is 33.6 Å². The predicted molar refractivity (Wildman–Crippen MR) is 204 cm³/mol. The average molecular weight is 645 g/mol. The molecule has 238 valence electrons. The van der Waals surface area contributed by atoms with E-state index in [1.165, 1.54) is 22.5 Å². The van der Waals surface area contributed by atoms with Crippen LogP contribution < -0.4 is 9.80 Å². The summed E-state index contributed by atoms with van der Waals surface area (Å²) in [5.41, 5.74) is 13.4. The van der Waals surface area contributed by atoms with Crippen molar-refractivity contribution < 1.29 is 0 Å². The minimum Gasteiger partial charge on any atom is -0.332 e. The molecule has 4 aromatic carbocycles. The van der Waals surface area contributed by atoms with Crippen molar-refractivity contribution in [3.05, 3.63) is 169 Å². The average Bonchev–Trinajstić information content (AvgIpc) is 3.71. The molecule has 0 saturated carbocycles. The van der Waals surface area contributed by atoms with E-state index in [0.29, 0.717) is 5.92 Å². The lowest BCUT2D eigenvalue weighted by Crippen LogP contribution is -2.32. The Morgan fingerprint density at radius 2 is 1.14 bits per heavy atom. The van der Waals surface area contributed by atoms with Crippen LogP contribution in [0.2, 0.25) is 0 Å². The largest absolute Gasteiger partial charge is 0.332 e. The molecule has 6 heterocycles. The summed E-state index contributed by atoms with van der Waals surface area (Å²) in [5, 5.41) is 0. The number of para-hydroxylation sites is 2. The molecule has 6 heteroatoms. The van der Waals surface area contributed by atoms with Gasteiger partial charge in [0.2, 0.25) is 0 Å². The zero-order valence-corrected chi connectivity index (χ0v) is 27.2. The lowest BCUT2D eigenvalue weighted by molar-refractivity contribution is 0.667. The van der Waals surface area contributed by atoms with Crippen LogP contribution in [0.25, 0.3) is 33.6 Å². The highest BCUT2D eigenvalue weighted by Gasteiger charge is 2.39. The number of rotatable bonds is 5. The fourth-order valence-electron chi connectivity index (χ4n) is 7.99. The Labute approximate surface area is 291 Å². The molecule has 0 N–H and O–H groups in total. The molecule has 6 nitrogen and oxygen atoms in total. The van der Waals surface area contributed by atoms with Crippen LogP contribution in [-0.2, 0) is 0 Å². The molecule has 0 spiro atoms. The summed E-state index contributed by atoms with van der Waals surface area (Å²) in [6.07, 6.45) is 16.3. The molecule has 4 unspecified atom stereocenters. The number of allylic oxidation sites excluding steroid dienone is 1. The second kappa shape index (κ2) is 11.6. The van der Waals surface area contributed by atoms with Gasteiger partial charge in [-0.3, -0.25) is 20.0 Å². The minimum absolute atomic E-state index is 0.114. The van der Waals surface area contributed by atoms with E-state index < -0.39 is 0 Å². The van der Waals surface area contributed by atoms with Crippen LogP contribution in [0.1, 0.15) is 23.1 Å². The number of hydrogen-bond donors (Lipinski definition) is 0. The zero-order valence-electron chi connectivity index (χ0n) is 27.2. The van der Waals surface area contributed by atoms with Crippen LogP contribution in [0.5, 0.6) is 0 Å². The molecule has 0 amide bonds. The van der Waals surface area contributed by atoms with Crippen LogP contribution in [0.15, 0.2) is 168 Å². The van der Waals surface area contributed by atoms with E-state index in [-0.39, 0.29) is 18.1 Å². The fourth-order valence-corrected chi connectivity index (χ4v) is 7.99. The van der Waals surface area contributed by atoms with Gasteiger partial charge in [-0.05, 0) is 71.3 Å². The molecule has 4 atom stereocenters. The Morgan fingerprint density at radius 1 is 0.520 bits per heavy atom. The van der Waals surface area contributed by atoms with Crippen molar-refractivity contribution in [2.75, 3.05) is 9.80 Å². The van der Waals surface area contributed by atoms with E-state index in [2.05, 4.69) is 161 Å². The highest BCUT2D eigenvalue weighted by molar-refractivity contribution is 5.88. The van der Waals surface area contributed by atoms with Crippen molar-refractivity contribution in [1.29, 1.82) is 0 Å². The predicted octanol–water partition coefficient (Wildman–Crippen LogP) is 9.88. The van der Waals surface area contributed by atoms with Gasteiger partial charge in [-0.2, -0.15) is 0 Å². The monoisotopic (exact) mass is 644 g/mol. The van der Waals surface area contributed by atoms with Crippen molar-refractivity contribution in [2.45, 2.75) is 24.0 Å². The van der Waals surface area contributed by atoms with Crippen molar-refractivity contribution in [2.24, 2.45) is 9.98 Å². The number of aromatic nitrogens is 2. The topological polar surface area (TPSA) is 57.0 Å². The zero-order chi connectivity index (χ0) is 33.0. The fraction of sp³-hybridized carbons (Fsp3) is 0.0909. The summed E-state index contributed by atoms with van der Waals surface area (Å²) >= 11 is 0. The Balaban J connectivity index is 0.900. The molecule has 0 fully saturated rings. The lowest BCUT2D eigenvalue weighted by Gasteiger charge is -2.28. The third kappa shape index (κ3) is 4.64. The number of benzene rings is 4. The van der Waals surface area contributed by atoms with E-state index in [1.54, 1.807) is 0 Å². The first-order chi connectivity index (χ1) is 24.8. The normalized spacial score (nSPS) is 20.8. The van der Waals surface area contributed by atoms with Crippen molar-refractivity contribution >= 4 is 35.2 Å². The Kier molecular flexibility index (Phi) is 6.65. The van der Waals surface area contributed by atoms with E-state index in [4.69, 9.17) is 15.0 Å². The molecule has 2 aromatic heterocycles. The van der Waals surface area contributed by atoms with Crippen LogP contribution in [0, 0.1) is 0 Å². The van der Waals surface area contributed by atoms with E-state index in [9.17, 15) is 0 Å². The van der Waals surface area contributed by atoms with Gasteiger partial charge in [0.05, 0.1) is 23.5 Å². The van der Waals surface area contributed by atoms with Gasteiger partial charge in [-0.15, -0.1) is 0 Å². The molecule has 0 saturated heterocycles. The van der Waals surface area contributed by atoms with Gasteiger partial charge < -0.3 is 9.80 Å². The summed E-state index contributed by atoms with van der Waals surface area (Å²) in [6, 6.07) is 43.5. The summed E-state index contributed by atoms with van der Waals surface area (Å²) in [5.74, 6) is 0.302. The van der Waals surface area contributed by atoms with E-state index >= 15 is 0 Å². The van der Waals surface area contributed by atoms with Gasteiger partial charge >= 0.3 is 0 Å². The quantitative estimate of drug-likeness (QED) is 0.187. The first-order valence-electron chi connectivity index (χ1n) is 17.1. The summed E-state index contributed by atoms with van der Waals surface area (Å²) in [6.45, 7) is 0. The summed E-state index contributed by atoms with van der Waals surface area (Å²) in [7, 11) is 0. The molecular formula is C44H32N6. The third-order valence-electron chi connectivity index (χ3n) is 10.3. The second-order valence-electron chi connectivity index (χ2n) is 13.1. The maximum atomic E-state index is 4.85. The first-order valence-corrected chi connectivity index (χ1v) is 17.1. The Hall–Kier alpha value is -6.40. The van der Waals surface area contributed by atoms with Gasteiger partial charge in [0.25, 0.3) is 0 Å². The Morgan fingerprint density at radius 3 is 1.80 bits per heavy atom. The van der Waals surface area contributed by atoms with Crippen LogP contribution in [0.4, 0.5) is 22.7 Å². The number of hydrogen-bond acceptors (Lipinski definition) is 6. The van der Waals surface area contributed by atoms with Crippen LogP contribution >= 0.6 is 0 Å². The van der Waals surface area contributed by atoms with Gasteiger partial charge in [0.15, 0.2) is 0 Å². The summed E-state index contributed by atoms with van der Waals surface area (Å²) < 4.78 is 0. The molecule has 50 heavy (non-hydrogen) atoms. The molecule has 4 aliphatic rings. The molecule has 4 aliphatic heterocycles. The van der Waals surface area contributed by atoms with Crippen LogP contribution in [-0.4, -0.2) is 34.5 Å². The highest BCUT2D eigenvalue weighted by Crippen LogP contribution is 2.48. The van der Waals surface area contributed by atoms with Crippen molar-refractivity contribution in [1.82, 2.24) is 9.97 Å². The Bertz CT molecular complexity index is 2200. The summed E-state index contributed by atoms with van der Waals surface area (Å²) in [4.78, 5) is 23.8. The standard InChI is InChI=1S/C44H32N6/c1-3-14-40-35(12-1)36-21-23-45-28-43(36)50(40)34-11-6-9-30(25-34)32-18-20-39(48-27-32)38-19-17-31(26-47-38)29-8-5-10-33(24-29)49-41-15-4-2-13-37(41)44-42(49)16-7-22-46-44/h1-28,36,42-44H. The minimum atomic E-state index is 0.114. The SMILES string of the molecule is C1=CC2C(N=C1)c1ccccc1N2c1cccc(-c2ccc(-c3ccc(-c4cccc(N5c6ccccc6C6C=CN=CC65)c4)cn3)nc2)c1. The van der Waals surface area contributed by atoms with Gasteiger partial charge in [-0.25, -0.2) is 0 Å². The molecule has 0 radical (unpaired) electrons. The number of anilines is 4. The smallest absolute Gasteiger partial charge is 0.101 e. The lowest BCUT2D eigenvalue weighted by atomic mass is 9.94. The van der Waals surface area contributed by atoms with Crippen LogP contribution in [0.3, 0.4) is 0 Å². The highest BCUT2D eigenvalue weighted by atomic mass is 15.2. The second-order valence-corrected chi connectivity index (χ2v) is 13.1. The number of pyridine rings is 2. The maximum Gasteiger partial charge on any atom is 0.101 e. The third-order valence-corrected chi connectivity index (χ3v) is 10.3. The number of aliphatic imine (C=N–C) groups is 2. The van der Waals surface area contributed by atoms with Gasteiger partial charge in [-0.1, -0.05) is 84.9 Å². The van der Waals surface area contributed by atoms with E-state index in [0.717, 1.165) is 45.0 Å². The van der Waals surface area contributed by atoms with E-state index in [1.807, 2.05) is 24.8 Å². The van der Waals surface area contributed by atoms with Gasteiger partial charge in [0.1, 0.15) is 6.04 Å². The molecule has 0 aliphatic carbocycles. The van der Waals surface area contributed by atoms with Gasteiger partial charge in [0, 0.05) is 76.4 Å². The number of nitrogens with zero attached hydrogens (tertiary/aromatic N) is 6.